The van der Waals surface area contributed by atoms with Crippen LogP contribution < -0.4 is 16.4 Å². The van der Waals surface area contributed by atoms with Crippen molar-refractivity contribution >= 4 is 17.7 Å². The lowest BCUT2D eigenvalue weighted by atomic mass is 9.97. The van der Waals surface area contributed by atoms with Crippen molar-refractivity contribution in [2.45, 2.75) is 45.7 Å². The third-order valence-electron chi connectivity index (χ3n) is 3.79. The Bertz CT molecular complexity index is 545. The van der Waals surface area contributed by atoms with Crippen LogP contribution in [-0.2, 0) is 20.8 Å². The van der Waals surface area contributed by atoms with Crippen LogP contribution in [0.4, 0.5) is 0 Å². The molecule has 3 atom stereocenters. The summed E-state index contributed by atoms with van der Waals surface area (Å²) >= 11 is 0. The summed E-state index contributed by atoms with van der Waals surface area (Å²) in [6.07, 6.45) is 1.05. The molecule has 0 aliphatic heterocycles. The SMILES string of the molecule is CC[C@H](C)[C@@H](NC(=O)[C@H](Cc1ccccc1)NC(C)=O)C(N)=O. The van der Waals surface area contributed by atoms with Crippen LogP contribution in [0.5, 0.6) is 0 Å². The molecule has 0 aromatic heterocycles. The minimum atomic E-state index is -0.750. The molecule has 0 radical (unpaired) electrons. The highest BCUT2D eigenvalue weighted by molar-refractivity contribution is 5.91. The Kier molecular flexibility index (Phi) is 7.25. The average Bonchev–Trinajstić information content (AvgIpc) is 2.51. The topological polar surface area (TPSA) is 101 Å². The lowest BCUT2D eigenvalue weighted by molar-refractivity contribution is -0.131. The third kappa shape index (κ3) is 6.10. The molecule has 1 aromatic carbocycles. The first-order chi connectivity index (χ1) is 10.8. The van der Waals surface area contributed by atoms with E-state index in [1.807, 2.05) is 44.2 Å². The van der Waals surface area contributed by atoms with Gasteiger partial charge >= 0.3 is 0 Å². The van der Waals surface area contributed by atoms with Crippen molar-refractivity contribution in [2.75, 3.05) is 0 Å². The van der Waals surface area contributed by atoms with Crippen molar-refractivity contribution in [1.82, 2.24) is 10.6 Å². The van der Waals surface area contributed by atoms with E-state index in [1.165, 1.54) is 6.92 Å². The number of primary amides is 1. The van der Waals surface area contributed by atoms with Crippen LogP contribution in [0.1, 0.15) is 32.8 Å². The zero-order chi connectivity index (χ0) is 17.4. The molecule has 0 saturated heterocycles. The maximum absolute atomic E-state index is 12.5. The number of nitrogens with one attached hydrogen (secondary N) is 2. The highest BCUT2D eigenvalue weighted by Crippen LogP contribution is 2.09. The molecular weight excluding hydrogens is 294 g/mol. The number of carbonyl (C=O) groups excluding carboxylic acids is 3. The van der Waals surface area contributed by atoms with E-state index in [1.54, 1.807) is 0 Å². The summed E-state index contributed by atoms with van der Waals surface area (Å²) in [5.41, 5.74) is 6.29. The molecule has 126 valence electrons. The first-order valence-corrected chi connectivity index (χ1v) is 7.75. The molecule has 0 fully saturated rings. The van der Waals surface area contributed by atoms with Crippen LogP contribution in [0.25, 0.3) is 0 Å². The second-order valence-corrected chi connectivity index (χ2v) is 5.72. The molecule has 0 aliphatic carbocycles. The van der Waals surface area contributed by atoms with Crippen molar-refractivity contribution in [3.05, 3.63) is 35.9 Å². The van der Waals surface area contributed by atoms with Gasteiger partial charge in [-0.2, -0.15) is 0 Å². The van der Waals surface area contributed by atoms with E-state index < -0.39 is 23.9 Å². The lowest BCUT2D eigenvalue weighted by Gasteiger charge is -2.24. The largest absolute Gasteiger partial charge is 0.368 e. The van der Waals surface area contributed by atoms with E-state index >= 15 is 0 Å². The van der Waals surface area contributed by atoms with Crippen LogP contribution in [0, 0.1) is 5.92 Å². The molecule has 0 bridgehead atoms. The van der Waals surface area contributed by atoms with Gasteiger partial charge in [-0.15, -0.1) is 0 Å². The second-order valence-electron chi connectivity index (χ2n) is 5.72. The molecule has 0 saturated carbocycles. The summed E-state index contributed by atoms with van der Waals surface area (Å²) in [6.45, 7) is 5.12. The van der Waals surface area contributed by atoms with Crippen molar-refractivity contribution in [3.63, 3.8) is 0 Å². The van der Waals surface area contributed by atoms with Gasteiger partial charge in [0.15, 0.2) is 0 Å². The maximum atomic E-state index is 12.5. The molecule has 6 heteroatoms. The zero-order valence-electron chi connectivity index (χ0n) is 13.8. The number of carbonyl (C=O) groups is 3. The summed E-state index contributed by atoms with van der Waals surface area (Å²) in [5.74, 6) is -1.37. The Hall–Kier alpha value is -2.37. The van der Waals surface area contributed by atoms with Gasteiger partial charge in [0.2, 0.25) is 17.7 Å². The van der Waals surface area contributed by atoms with E-state index in [0.29, 0.717) is 12.8 Å². The molecule has 1 rings (SSSR count). The predicted octanol–water partition coefficient (Wildman–Crippen LogP) is 0.750. The van der Waals surface area contributed by atoms with E-state index in [9.17, 15) is 14.4 Å². The standard InChI is InChI=1S/C17H25N3O3/c1-4-11(2)15(16(18)22)20-17(23)14(19-12(3)21)10-13-8-6-5-7-9-13/h5-9,11,14-15H,4,10H2,1-3H3,(H2,18,22)(H,19,21)(H,20,23)/t11-,14-,15+/m0/s1. The number of rotatable bonds is 8. The molecule has 23 heavy (non-hydrogen) atoms. The van der Waals surface area contributed by atoms with E-state index in [-0.39, 0.29) is 11.8 Å². The first-order valence-electron chi connectivity index (χ1n) is 7.75. The number of amides is 3. The normalized spacial score (nSPS) is 14.4. The molecular formula is C17H25N3O3. The van der Waals surface area contributed by atoms with E-state index in [2.05, 4.69) is 10.6 Å². The van der Waals surface area contributed by atoms with Gasteiger partial charge in [-0.3, -0.25) is 14.4 Å². The highest BCUT2D eigenvalue weighted by atomic mass is 16.2. The van der Waals surface area contributed by atoms with Crippen molar-refractivity contribution < 1.29 is 14.4 Å². The van der Waals surface area contributed by atoms with E-state index in [4.69, 9.17) is 5.73 Å². The Balaban J connectivity index is 2.86. The van der Waals surface area contributed by atoms with Crippen LogP contribution in [0.3, 0.4) is 0 Å². The van der Waals surface area contributed by atoms with Gasteiger partial charge in [0.1, 0.15) is 12.1 Å². The summed E-state index contributed by atoms with van der Waals surface area (Å²) in [7, 11) is 0. The predicted molar refractivity (Wildman–Crippen MR) is 88.3 cm³/mol. The minimum Gasteiger partial charge on any atom is -0.368 e. The average molecular weight is 319 g/mol. The number of nitrogens with two attached hydrogens (primary N) is 1. The molecule has 6 nitrogen and oxygen atoms in total. The van der Waals surface area contributed by atoms with Gasteiger partial charge in [-0.05, 0) is 11.5 Å². The van der Waals surface area contributed by atoms with Crippen molar-refractivity contribution in [3.8, 4) is 0 Å². The van der Waals surface area contributed by atoms with Crippen LogP contribution in [-0.4, -0.2) is 29.8 Å². The number of benzene rings is 1. The molecule has 0 heterocycles. The quantitative estimate of drug-likeness (QED) is 0.659. The Morgan fingerprint density at radius 1 is 1.13 bits per heavy atom. The smallest absolute Gasteiger partial charge is 0.243 e. The fourth-order valence-corrected chi connectivity index (χ4v) is 2.29. The third-order valence-corrected chi connectivity index (χ3v) is 3.79. The summed E-state index contributed by atoms with van der Waals surface area (Å²) in [5, 5.41) is 5.29. The minimum absolute atomic E-state index is 0.0776. The van der Waals surface area contributed by atoms with E-state index in [0.717, 1.165) is 5.56 Å². The number of hydrogen-bond donors (Lipinski definition) is 3. The molecule has 0 aliphatic rings. The monoisotopic (exact) mass is 319 g/mol. The van der Waals surface area contributed by atoms with Crippen molar-refractivity contribution in [1.29, 1.82) is 0 Å². The molecule has 4 N–H and O–H groups in total. The molecule has 3 amide bonds. The summed E-state index contributed by atoms with van der Waals surface area (Å²) in [6, 6.07) is 7.86. The fraction of sp³-hybridized carbons (Fsp3) is 0.471. The van der Waals surface area contributed by atoms with Crippen LogP contribution >= 0.6 is 0 Å². The lowest BCUT2D eigenvalue weighted by Crippen LogP contribution is -2.55. The first kappa shape index (κ1) is 18.7. The van der Waals surface area contributed by atoms with Gasteiger partial charge in [0.05, 0.1) is 0 Å². The van der Waals surface area contributed by atoms with Gasteiger partial charge in [0, 0.05) is 13.3 Å². The Morgan fingerprint density at radius 2 is 1.74 bits per heavy atom. The zero-order valence-corrected chi connectivity index (χ0v) is 13.8. The van der Waals surface area contributed by atoms with Crippen molar-refractivity contribution in [2.24, 2.45) is 11.7 Å². The molecule has 1 aromatic rings. The van der Waals surface area contributed by atoms with Gasteiger partial charge < -0.3 is 16.4 Å². The molecule has 0 spiro atoms. The maximum Gasteiger partial charge on any atom is 0.243 e. The molecule has 0 unspecified atom stereocenters. The Labute approximate surface area is 136 Å². The highest BCUT2D eigenvalue weighted by Gasteiger charge is 2.28. The van der Waals surface area contributed by atoms with Crippen LogP contribution in [0.2, 0.25) is 0 Å². The summed E-state index contributed by atoms with van der Waals surface area (Å²) < 4.78 is 0. The fourth-order valence-electron chi connectivity index (χ4n) is 2.29. The van der Waals surface area contributed by atoms with Crippen LogP contribution in [0.15, 0.2) is 30.3 Å². The van der Waals surface area contributed by atoms with Gasteiger partial charge in [-0.25, -0.2) is 0 Å². The van der Waals surface area contributed by atoms with Gasteiger partial charge in [-0.1, -0.05) is 50.6 Å². The second kappa shape index (κ2) is 8.92. The number of hydrogen-bond acceptors (Lipinski definition) is 3. The van der Waals surface area contributed by atoms with Gasteiger partial charge in [0.25, 0.3) is 0 Å². The summed E-state index contributed by atoms with van der Waals surface area (Å²) in [4.78, 5) is 35.4. The Morgan fingerprint density at radius 3 is 2.22 bits per heavy atom.